The molecule has 0 saturated carbocycles. The highest BCUT2D eigenvalue weighted by molar-refractivity contribution is 6.53. The van der Waals surface area contributed by atoms with Crippen molar-refractivity contribution in [2.75, 3.05) is 15.5 Å². The molecule has 1 aliphatic heterocycles. The summed E-state index contributed by atoms with van der Waals surface area (Å²) in [7, 11) is 0. The molecule has 0 aliphatic carbocycles. The monoisotopic (exact) mass is 511 g/mol. The maximum absolute atomic E-state index is 13.5. The number of imide groups is 1. The van der Waals surface area contributed by atoms with Gasteiger partial charge >= 0.3 is 0 Å². The van der Waals surface area contributed by atoms with E-state index in [1.165, 1.54) is 12.1 Å². The number of nitrogens with zero attached hydrogens (tertiary/aromatic N) is 1. The molecule has 3 aromatic carbocycles. The normalized spacial score (nSPS) is 13.5. The van der Waals surface area contributed by atoms with Gasteiger partial charge in [0.1, 0.15) is 16.5 Å². The summed E-state index contributed by atoms with van der Waals surface area (Å²) in [4.78, 5) is 39.5. The second kappa shape index (κ2) is 9.90. The maximum atomic E-state index is 13.5. The molecule has 3 aromatic rings. The number of para-hydroxylation sites is 1. The summed E-state index contributed by atoms with van der Waals surface area (Å²) in [6.07, 6.45) is 0.760. The smallest absolute Gasteiger partial charge is 0.283 e. The van der Waals surface area contributed by atoms with Crippen molar-refractivity contribution in [1.82, 2.24) is 0 Å². The first-order valence-corrected chi connectivity index (χ1v) is 11.5. The lowest BCUT2D eigenvalue weighted by atomic mass is 10.1. The number of nitrogens with one attached hydrogen (secondary N) is 2. The fourth-order valence-corrected chi connectivity index (χ4v) is 4.03. The van der Waals surface area contributed by atoms with Crippen molar-refractivity contribution in [2.45, 2.75) is 20.3 Å². The molecule has 0 radical (unpaired) electrons. The molecule has 0 saturated heterocycles. The van der Waals surface area contributed by atoms with Gasteiger partial charge in [0.15, 0.2) is 0 Å². The minimum absolute atomic E-state index is 0.0841. The lowest BCUT2D eigenvalue weighted by molar-refractivity contribution is -0.120. The number of hydrogen-bond acceptors (Lipinski definition) is 4. The van der Waals surface area contributed by atoms with Crippen molar-refractivity contribution in [2.24, 2.45) is 0 Å². The topological polar surface area (TPSA) is 78.5 Å². The molecule has 2 N–H and O–H groups in total. The van der Waals surface area contributed by atoms with Crippen LogP contribution in [-0.4, -0.2) is 17.7 Å². The largest absolute Gasteiger partial charge is 0.349 e. The molecule has 9 heteroatoms. The number of rotatable bonds is 6. The fraction of sp³-hybridized carbons (Fsp3) is 0.115. The summed E-state index contributed by atoms with van der Waals surface area (Å²) in [6.45, 7) is 3.78. The molecule has 35 heavy (non-hydrogen) atoms. The van der Waals surface area contributed by atoms with E-state index in [9.17, 15) is 18.8 Å². The molecule has 6 nitrogen and oxygen atoms in total. The summed E-state index contributed by atoms with van der Waals surface area (Å²) >= 11 is 12.0. The van der Waals surface area contributed by atoms with Gasteiger partial charge in [-0.05, 0) is 60.9 Å². The third-order valence-electron chi connectivity index (χ3n) is 5.59. The van der Waals surface area contributed by atoms with Crippen LogP contribution >= 0.6 is 23.2 Å². The third-order valence-corrected chi connectivity index (χ3v) is 6.23. The molecule has 0 spiro atoms. The van der Waals surface area contributed by atoms with Gasteiger partial charge in [-0.25, -0.2) is 9.29 Å². The van der Waals surface area contributed by atoms with Crippen LogP contribution in [0.25, 0.3) is 0 Å². The molecular formula is C26H20Cl2FN3O3. The zero-order chi connectivity index (χ0) is 25.3. The Hall–Kier alpha value is -3.68. The van der Waals surface area contributed by atoms with Crippen LogP contribution in [0.2, 0.25) is 5.02 Å². The number of aryl methyl sites for hydroxylation is 2. The highest BCUT2D eigenvalue weighted by Crippen LogP contribution is 2.33. The van der Waals surface area contributed by atoms with Gasteiger partial charge in [0.2, 0.25) is 0 Å². The summed E-state index contributed by atoms with van der Waals surface area (Å²) < 4.78 is 13.5. The molecule has 0 aromatic heterocycles. The Morgan fingerprint density at radius 3 is 2.43 bits per heavy atom. The number of anilines is 3. The number of carbonyl (C=O) groups excluding carboxylic acids is 3. The molecule has 178 valence electrons. The Morgan fingerprint density at radius 1 is 0.971 bits per heavy atom. The third kappa shape index (κ3) is 4.78. The van der Waals surface area contributed by atoms with Crippen LogP contribution in [-0.2, 0) is 16.0 Å². The van der Waals surface area contributed by atoms with E-state index in [2.05, 4.69) is 10.6 Å². The molecule has 0 atom stereocenters. The average Bonchev–Trinajstić information content (AvgIpc) is 3.05. The van der Waals surface area contributed by atoms with E-state index < -0.39 is 17.6 Å². The second-order valence-corrected chi connectivity index (χ2v) is 8.64. The van der Waals surface area contributed by atoms with Crippen LogP contribution in [0.3, 0.4) is 0 Å². The molecular weight excluding hydrogens is 492 g/mol. The summed E-state index contributed by atoms with van der Waals surface area (Å²) in [5, 5.41) is 5.23. The Kier molecular flexibility index (Phi) is 6.91. The van der Waals surface area contributed by atoms with Gasteiger partial charge in [0.25, 0.3) is 17.7 Å². The van der Waals surface area contributed by atoms with Crippen molar-refractivity contribution in [3.63, 3.8) is 0 Å². The minimum Gasteiger partial charge on any atom is -0.349 e. The SMILES string of the molecule is CCc1ccccc1NC(=O)c1ccc(C)c(NC2=C(Cl)C(=O)N(c3ccc(F)c(Cl)c3)C2=O)c1. The van der Waals surface area contributed by atoms with E-state index in [0.717, 1.165) is 28.5 Å². The Morgan fingerprint density at radius 2 is 1.71 bits per heavy atom. The zero-order valence-electron chi connectivity index (χ0n) is 18.8. The number of halogens is 3. The van der Waals surface area contributed by atoms with Gasteiger partial charge in [-0.1, -0.05) is 54.4 Å². The summed E-state index contributed by atoms with van der Waals surface area (Å²) in [5.41, 5.74) is 3.13. The van der Waals surface area contributed by atoms with Crippen LogP contribution in [0.4, 0.5) is 21.5 Å². The summed E-state index contributed by atoms with van der Waals surface area (Å²) in [5.74, 6) is -2.51. The van der Waals surface area contributed by atoms with Gasteiger partial charge in [-0.3, -0.25) is 14.4 Å². The standard InChI is InChI=1S/C26H20Cl2FN3O3/c1-3-15-6-4-5-7-20(15)31-24(33)16-9-8-14(2)21(12-16)30-23-22(28)25(34)32(26(23)35)17-10-11-19(29)18(27)13-17/h4-13,30H,3H2,1-2H3,(H,31,33). The van der Waals surface area contributed by atoms with Crippen molar-refractivity contribution >= 4 is 58.0 Å². The van der Waals surface area contributed by atoms with Crippen LogP contribution in [0.15, 0.2) is 71.4 Å². The lowest BCUT2D eigenvalue weighted by Gasteiger charge is -2.16. The van der Waals surface area contributed by atoms with E-state index in [4.69, 9.17) is 23.2 Å². The first kappa shape index (κ1) is 24.4. The average molecular weight is 512 g/mol. The lowest BCUT2D eigenvalue weighted by Crippen LogP contribution is -2.32. The highest BCUT2D eigenvalue weighted by atomic mass is 35.5. The number of benzene rings is 3. The van der Waals surface area contributed by atoms with Gasteiger partial charge < -0.3 is 10.6 Å². The van der Waals surface area contributed by atoms with E-state index in [1.54, 1.807) is 25.1 Å². The van der Waals surface area contributed by atoms with E-state index in [1.807, 2.05) is 31.2 Å². The summed E-state index contributed by atoms with van der Waals surface area (Å²) in [6, 6.07) is 16.0. The minimum atomic E-state index is -0.774. The van der Waals surface area contributed by atoms with Crippen LogP contribution < -0.4 is 15.5 Å². The maximum Gasteiger partial charge on any atom is 0.283 e. The van der Waals surface area contributed by atoms with E-state index >= 15 is 0 Å². The highest BCUT2D eigenvalue weighted by Gasteiger charge is 2.39. The molecule has 3 amide bonds. The van der Waals surface area contributed by atoms with Gasteiger partial charge in [0, 0.05) is 16.9 Å². The first-order valence-electron chi connectivity index (χ1n) is 10.7. The van der Waals surface area contributed by atoms with E-state index in [-0.39, 0.29) is 27.3 Å². The molecule has 0 unspecified atom stereocenters. The fourth-order valence-electron chi connectivity index (χ4n) is 3.65. The molecule has 4 rings (SSSR count). The first-order chi connectivity index (χ1) is 16.7. The predicted octanol–water partition coefficient (Wildman–Crippen LogP) is 6.04. The quantitative estimate of drug-likeness (QED) is 0.395. The van der Waals surface area contributed by atoms with Crippen LogP contribution in [0.1, 0.15) is 28.4 Å². The molecule has 0 fully saturated rings. The van der Waals surface area contributed by atoms with Gasteiger partial charge in [-0.15, -0.1) is 0 Å². The second-order valence-electron chi connectivity index (χ2n) is 7.85. The zero-order valence-corrected chi connectivity index (χ0v) is 20.3. The Bertz CT molecular complexity index is 1400. The van der Waals surface area contributed by atoms with Crippen molar-refractivity contribution < 1.29 is 18.8 Å². The number of amides is 3. The van der Waals surface area contributed by atoms with Crippen molar-refractivity contribution in [3.05, 3.63) is 98.9 Å². The van der Waals surface area contributed by atoms with Gasteiger partial charge in [0.05, 0.1) is 10.7 Å². The molecule has 0 bridgehead atoms. The van der Waals surface area contributed by atoms with Crippen molar-refractivity contribution in [3.8, 4) is 0 Å². The Labute approximate surface area is 211 Å². The van der Waals surface area contributed by atoms with Crippen LogP contribution in [0, 0.1) is 12.7 Å². The van der Waals surface area contributed by atoms with Crippen molar-refractivity contribution in [1.29, 1.82) is 0 Å². The number of carbonyl (C=O) groups is 3. The van der Waals surface area contributed by atoms with E-state index in [0.29, 0.717) is 16.9 Å². The Balaban J connectivity index is 1.59. The molecule has 1 aliphatic rings. The van der Waals surface area contributed by atoms with Crippen LogP contribution in [0.5, 0.6) is 0 Å². The van der Waals surface area contributed by atoms with Gasteiger partial charge in [-0.2, -0.15) is 0 Å². The molecule has 1 heterocycles. The predicted molar refractivity (Wildman–Crippen MR) is 135 cm³/mol. The number of hydrogen-bond donors (Lipinski definition) is 2.